The van der Waals surface area contributed by atoms with Crippen LogP contribution in [0, 0.1) is 0 Å². The number of carbonyl (C=O) groups is 4. The van der Waals surface area contributed by atoms with Crippen LogP contribution in [0.3, 0.4) is 0 Å². The molecule has 0 bridgehead atoms. The van der Waals surface area contributed by atoms with E-state index in [2.05, 4.69) is 5.32 Å². The zero-order valence-electron chi connectivity index (χ0n) is 14.4. The van der Waals surface area contributed by atoms with Crippen molar-refractivity contribution in [3.8, 4) is 0 Å². The lowest BCUT2D eigenvalue weighted by Crippen LogP contribution is -2.80. The van der Waals surface area contributed by atoms with Gasteiger partial charge in [-0.3, -0.25) is 19.3 Å². The number of amides is 2. The third kappa shape index (κ3) is 3.41. The molecular formula is C15H21N3O7S. The fraction of sp³-hybridized carbons (Fsp3) is 0.600. The summed E-state index contributed by atoms with van der Waals surface area (Å²) in [5.74, 6) is -3.11. The summed E-state index contributed by atoms with van der Waals surface area (Å²) in [5, 5.41) is 19.9. The number of carboxylic acid groups (broad SMARTS) is 2. The molecule has 0 aliphatic carbocycles. The van der Waals surface area contributed by atoms with E-state index in [1.807, 2.05) is 0 Å². The highest BCUT2D eigenvalue weighted by Crippen LogP contribution is 2.46. The molecule has 0 aromatic carbocycles. The highest BCUT2D eigenvalue weighted by Gasteiger charge is 2.66. The Hall–Kier alpha value is -2.11. The number of hydrogen-bond acceptors (Lipinski definition) is 7. The average Bonchev–Trinajstić information content (AvgIpc) is 2.58. The van der Waals surface area contributed by atoms with Crippen LogP contribution < -0.4 is 11.1 Å². The van der Waals surface area contributed by atoms with Gasteiger partial charge in [-0.05, 0) is 25.3 Å². The maximum atomic E-state index is 12.6. The molecule has 0 aromatic rings. The van der Waals surface area contributed by atoms with Crippen LogP contribution in [0.25, 0.3) is 0 Å². The molecule has 1 fully saturated rings. The average molecular weight is 387 g/mol. The first-order valence-corrected chi connectivity index (χ1v) is 8.93. The van der Waals surface area contributed by atoms with Gasteiger partial charge in [0.1, 0.15) is 17.1 Å². The Balaban J connectivity index is 2.04. The minimum atomic E-state index is -1.63. The van der Waals surface area contributed by atoms with E-state index in [1.165, 1.54) is 18.9 Å². The van der Waals surface area contributed by atoms with E-state index in [0.29, 0.717) is 11.3 Å². The van der Waals surface area contributed by atoms with Crippen molar-refractivity contribution in [2.45, 2.75) is 43.3 Å². The van der Waals surface area contributed by atoms with Crippen molar-refractivity contribution >= 4 is 35.5 Å². The molecule has 2 aliphatic rings. The van der Waals surface area contributed by atoms with Gasteiger partial charge < -0.3 is 26.0 Å². The first-order chi connectivity index (χ1) is 12.2. The third-order valence-corrected chi connectivity index (χ3v) is 5.77. The van der Waals surface area contributed by atoms with Crippen molar-refractivity contribution < 1.29 is 34.1 Å². The largest absolute Gasteiger partial charge is 0.480 e. The smallest absolute Gasteiger partial charge is 0.352 e. The van der Waals surface area contributed by atoms with Gasteiger partial charge in [0.15, 0.2) is 0 Å². The molecule has 2 aliphatic heterocycles. The first kappa shape index (κ1) is 20.2. The number of rotatable bonds is 8. The van der Waals surface area contributed by atoms with E-state index < -0.39 is 40.9 Å². The normalized spacial score (nSPS) is 26.0. The van der Waals surface area contributed by atoms with Crippen molar-refractivity contribution in [3.63, 3.8) is 0 Å². The summed E-state index contributed by atoms with van der Waals surface area (Å²) in [6.45, 7) is 1.64. The number of carboxylic acids is 2. The molecule has 3 atom stereocenters. The van der Waals surface area contributed by atoms with Gasteiger partial charge in [-0.25, -0.2) is 4.79 Å². The van der Waals surface area contributed by atoms with Crippen LogP contribution >= 0.6 is 11.8 Å². The summed E-state index contributed by atoms with van der Waals surface area (Å²) in [4.78, 5) is 48.0. The Morgan fingerprint density at radius 2 is 2.12 bits per heavy atom. The van der Waals surface area contributed by atoms with E-state index >= 15 is 0 Å². The summed E-state index contributed by atoms with van der Waals surface area (Å²) in [6.07, 6.45) is 0.317. The number of ether oxygens (including phenoxy) is 1. The van der Waals surface area contributed by atoms with Gasteiger partial charge in [-0.2, -0.15) is 0 Å². The lowest BCUT2D eigenvalue weighted by molar-refractivity contribution is -0.192. The second kappa shape index (κ2) is 7.64. The fourth-order valence-corrected chi connectivity index (χ4v) is 4.30. The molecule has 2 rings (SSSR count). The Bertz CT molecular complexity index is 680. The van der Waals surface area contributed by atoms with Crippen LogP contribution in [0.1, 0.15) is 26.2 Å². The SMILES string of the molecule is CO[C@@]1(NC(=O)CCCC(N)C(=O)O)C(=O)N2C(C(=O)O)=C(C)CS[C@H]21. The molecule has 5 N–H and O–H groups in total. The number of aliphatic carboxylic acids is 2. The second-order valence-electron chi connectivity index (χ2n) is 6.10. The summed E-state index contributed by atoms with van der Waals surface area (Å²) >= 11 is 1.30. The second-order valence-corrected chi connectivity index (χ2v) is 7.17. The first-order valence-electron chi connectivity index (χ1n) is 7.88. The fourth-order valence-electron chi connectivity index (χ4n) is 2.91. The monoisotopic (exact) mass is 387 g/mol. The Labute approximate surface area is 153 Å². The van der Waals surface area contributed by atoms with Crippen LogP contribution in [0.4, 0.5) is 0 Å². The number of thioether (sulfide) groups is 1. The van der Waals surface area contributed by atoms with E-state index in [1.54, 1.807) is 6.92 Å². The van der Waals surface area contributed by atoms with Crippen molar-refractivity contribution in [2.24, 2.45) is 5.73 Å². The Kier molecular flexibility index (Phi) is 5.94. The number of methoxy groups -OCH3 is 1. The molecule has 0 saturated carbocycles. The molecule has 1 saturated heterocycles. The van der Waals surface area contributed by atoms with E-state index in [4.69, 9.17) is 15.6 Å². The van der Waals surface area contributed by atoms with Gasteiger partial charge in [-0.15, -0.1) is 11.8 Å². The zero-order valence-corrected chi connectivity index (χ0v) is 15.2. The topological polar surface area (TPSA) is 159 Å². The highest BCUT2D eigenvalue weighted by atomic mass is 32.2. The third-order valence-electron chi connectivity index (χ3n) is 4.31. The molecule has 11 heteroatoms. The lowest BCUT2D eigenvalue weighted by atomic mass is 9.98. The molecule has 0 radical (unpaired) electrons. The number of carbonyl (C=O) groups excluding carboxylic acids is 2. The molecular weight excluding hydrogens is 366 g/mol. The maximum Gasteiger partial charge on any atom is 0.352 e. The lowest BCUT2D eigenvalue weighted by Gasteiger charge is -2.55. The van der Waals surface area contributed by atoms with Crippen molar-refractivity contribution in [2.75, 3.05) is 12.9 Å². The van der Waals surface area contributed by atoms with Gasteiger partial charge in [0.2, 0.25) is 5.91 Å². The molecule has 0 aromatic heterocycles. The van der Waals surface area contributed by atoms with Crippen LogP contribution in [-0.2, 0) is 23.9 Å². The van der Waals surface area contributed by atoms with E-state index in [9.17, 15) is 24.3 Å². The number of nitrogens with two attached hydrogens (primary N) is 1. The van der Waals surface area contributed by atoms with E-state index in [0.717, 1.165) is 4.90 Å². The predicted octanol–water partition coefficient (Wildman–Crippen LogP) is -0.699. The summed E-state index contributed by atoms with van der Waals surface area (Å²) < 4.78 is 5.28. The summed E-state index contributed by atoms with van der Waals surface area (Å²) in [6, 6.07) is -1.06. The quantitative estimate of drug-likeness (QED) is 0.312. The molecule has 2 amide bonds. The molecule has 0 spiro atoms. The van der Waals surface area contributed by atoms with Gasteiger partial charge in [0.25, 0.3) is 11.6 Å². The summed E-state index contributed by atoms with van der Waals surface area (Å²) in [7, 11) is 1.27. The number of nitrogens with zero attached hydrogens (tertiary/aromatic N) is 1. The molecule has 2 heterocycles. The van der Waals surface area contributed by atoms with Crippen LogP contribution in [0.15, 0.2) is 11.3 Å². The van der Waals surface area contributed by atoms with E-state index in [-0.39, 0.29) is 25.0 Å². The van der Waals surface area contributed by atoms with Gasteiger partial charge in [-0.1, -0.05) is 0 Å². The maximum absolute atomic E-state index is 12.6. The number of nitrogens with one attached hydrogen (secondary N) is 1. The van der Waals surface area contributed by atoms with Crippen LogP contribution in [0.5, 0.6) is 0 Å². The van der Waals surface area contributed by atoms with Crippen molar-refractivity contribution in [1.29, 1.82) is 0 Å². The highest BCUT2D eigenvalue weighted by molar-refractivity contribution is 8.00. The minimum absolute atomic E-state index is 0.0303. The molecule has 144 valence electrons. The predicted molar refractivity (Wildman–Crippen MR) is 90.8 cm³/mol. The number of fused-ring (bicyclic) bond motifs is 1. The zero-order chi connectivity index (χ0) is 19.6. The van der Waals surface area contributed by atoms with Crippen LogP contribution in [0.2, 0.25) is 0 Å². The van der Waals surface area contributed by atoms with Crippen molar-refractivity contribution in [3.05, 3.63) is 11.3 Å². The van der Waals surface area contributed by atoms with Gasteiger partial charge in [0, 0.05) is 19.3 Å². The number of hydrogen-bond donors (Lipinski definition) is 4. The molecule has 1 unspecified atom stereocenters. The minimum Gasteiger partial charge on any atom is -0.480 e. The Morgan fingerprint density at radius 3 is 2.65 bits per heavy atom. The summed E-state index contributed by atoms with van der Waals surface area (Å²) in [5.41, 5.74) is 4.22. The van der Waals surface area contributed by atoms with Crippen LogP contribution in [-0.4, -0.2) is 68.9 Å². The molecule has 26 heavy (non-hydrogen) atoms. The molecule has 10 nitrogen and oxygen atoms in total. The standard InChI is InChI=1S/C15H21N3O7S/c1-7-6-26-14-15(25-2,13(24)18(14)10(7)12(22)23)17-9(19)5-3-4-8(16)11(20)21/h8,14H,3-6,16H2,1-2H3,(H,17,19)(H,20,21)(H,22,23)/t8?,14-,15-/m0/s1. The van der Waals surface area contributed by atoms with Gasteiger partial charge >= 0.3 is 11.9 Å². The number of β-lactam (4-membered cyclic amide) rings is 1. The Morgan fingerprint density at radius 1 is 1.46 bits per heavy atom. The van der Waals surface area contributed by atoms with Gasteiger partial charge in [0.05, 0.1) is 0 Å². The van der Waals surface area contributed by atoms with Crippen molar-refractivity contribution in [1.82, 2.24) is 10.2 Å².